The predicted octanol–water partition coefficient (Wildman–Crippen LogP) is 3.43. The molecule has 22 heavy (non-hydrogen) atoms. The molecule has 1 fully saturated rings. The van der Waals surface area contributed by atoms with Crippen molar-refractivity contribution in [3.8, 4) is 0 Å². The summed E-state index contributed by atoms with van der Waals surface area (Å²) in [6, 6.07) is 2.49. The molecule has 2 atom stereocenters. The fraction of sp³-hybridized carbons (Fsp3) is 0.647. The summed E-state index contributed by atoms with van der Waals surface area (Å²) >= 11 is 0. The summed E-state index contributed by atoms with van der Waals surface area (Å²) in [4.78, 5) is 4.53. The van der Waals surface area contributed by atoms with Crippen LogP contribution in [0.3, 0.4) is 0 Å². The maximum absolute atomic E-state index is 5.96. The molecule has 2 unspecified atom stereocenters. The van der Waals surface area contributed by atoms with Crippen molar-refractivity contribution in [2.75, 3.05) is 11.9 Å². The first-order valence-corrected chi connectivity index (χ1v) is 8.33. The first-order chi connectivity index (χ1) is 10.6. The second-order valence-electron chi connectivity index (χ2n) is 6.21. The number of ether oxygens (including phenoxy) is 1. The highest BCUT2D eigenvalue weighted by Gasteiger charge is 2.53. The van der Waals surface area contributed by atoms with Gasteiger partial charge in [-0.3, -0.25) is 0 Å². The molecule has 0 bridgehead atoms. The average Bonchev–Trinajstić information content (AvgIpc) is 2.88. The number of nitrogens with one attached hydrogen (secondary N) is 1. The number of anilines is 1. The van der Waals surface area contributed by atoms with Gasteiger partial charge >= 0.3 is 0 Å². The molecule has 1 aliphatic rings. The molecule has 2 aromatic rings. The zero-order chi connectivity index (χ0) is 15.7. The van der Waals surface area contributed by atoms with Crippen LogP contribution in [0.15, 0.2) is 18.5 Å². The molecular formula is C17H26N4O. The lowest BCUT2D eigenvalue weighted by Crippen LogP contribution is -2.61. The Morgan fingerprint density at radius 1 is 1.36 bits per heavy atom. The van der Waals surface area contributed by atoms with Crippen molar-refractivity contribution < 1.29 is 4.74 Å². The smallest absolute Gasteiger partial charge is 0.152 e. The Bertz CT molecular complexity index is 647. The third-order valence-electron chi connectivity index (χ3n) is 5.29. The van der Waals surface area contributed by atoms with E-state index in [2.05, 4.69) is 42.2 Å². The minimum Gasteiger partial charge on any atom is -0.378 e. The van der Waals surface area contributed by atoms with Gasteiger partial charge in [-0.15, -0.1) is 0 Å². The Morgan fingerprint density at radius 2 is 2.14 bits per heavy atom. The quantitative estimate of drug-likeness (QED) is 0.888. The van der Waals surface area contributed by atoms with Gasteiger partial charge < -0.3 is 10.1 Å². The molecule has 0 spiro atoms. The van der Waals surface area contributed by atoms with Gasteiger partial charge in [-0.25, -0.2) is 9.50 Å². The molecule has 0 amide bonds. The second-order valence-corrected chi connectivity index (χ2v) is 6.21. The van der Waals surface area contributed by atoms with E-state index in [4.69, 9.17) is 4.74 Å². The fourth-order valence-electron chi connectivity index (χ4n) is 3.90. The van der Waals surface area contributed by atoms with Crippen molar-refractivity contribution in [1.82, 2.24) is 14.6 Å². The Morgan fingerprint density at radius 3 is 2.82 bits per heavy atom. The maximum atomic E-state index is 5.96. The molecule has 2 aromatic heterocycles. The lowest BCUT2D eigenvalue weighted by atomic mass is 9.58. The number of fused-ring (bicyclic) bond motifs is 1. The van der Waals surface area contributed by atoms with Gasteiger partial charge in [0.2, 0.25) is 0 Å². The van der Waals surface area contributed by atoms with E-state index in [0.29, 0.717) is 12.1 Å². The Labute approximate surface area is 132 Å². The van der Waals surface area contributed by atoms with Crippen molar-refractivity contribution >= 4 is 11.3 Å². The molecule has 0 aromatic carbocycles. The molecule has 0 saturated heterocycles. The zero-order valence-electron chi connectivity index (χ0n) is 14.0. The summed E-state index contributed by atoms with van der Waals surface area (Å²) in [6.45, 7) is 9.40. The predicted molar refractivity (Wildman–Crippen MR) is 88.2 cm³/mol. The van der Waals surface area contributed by atoms with Crippen LogP contribution in [-0.2, 0) is 4.74 Å². The van der Waals surface area contributed by atoms with Gasteiger partial charge in [0.1, 0.15) is 5.52 Å². The third kappa shape index (κ3) is 2.28. The van der Waals surface area contributed by atoms with Gasteiger partial charge in [-0.05, 0) is 39.2 Å². The SMILES string of the molecule is CCOC1CC(Nc2nccn3nc(C)cc23)C1(CC)CC. The first-order valence-electron chi connectivity index (χ1n) is 8.33. The van der Waals surface area contributed by atoms with Gasteiger partial charge in [-0.2, -0.15) is 5.10 Å². The van der Waals surface area contributed by atoms with Crippen LogP contribution in [0.4, 0.5) is 5.82 Å². The third-order valence-corrected chi connectivity index (χ3v) is 5.29. The number of hydrogen-bond donors (Lipinski definition) is 1. The van der Waals surface area contributed by atoms with Crippen LogP contribution in [0.25, 0.3) is 5.52 Å². The number of nitrogens with zero attached hydrogens (tertiary/aromatic N) is 3. The van der Waals surface area contributed by atoms with Crippen LogP contribution < -0.4 is 5.32 Å². The summed E-state index contributed by atoms with van der Waals surface area (Å²) in [6.07, 6.45) is 7.34. The number of aryl methyl sites for hydroxylation is 1. The van der Waals surface area contributed by atoms with E-state index in [0.717, 1.165) is 42.9 Å². The summed E-state index contributed by atoms with van der Waals surface area (Å²) in [5.41, 5.74) is 2.26. The zero-order valence-corrected chi connectivity index (χ0v) is 14.0. The molecule has 0 radical (unpaired) electrons. The fourth-order valence-corrected chi connectivity index (χ4v) is 3.90. The van der Waals surface area contributed by atoms with E-state index in [1.165, 1.54) is 0 Å². The average molecular weight is 302 g/mol. The van der Waals surface area contributed by atoms with E-state index >= 15 is 0 Å². The van der Waals surface area contributed by atoms with E-state index < -0.39 is 0 Å². The molecule has 1 aliphatic carbocycles. The molecule has 5 heteroatoms. The molecule has 3 rings (SSSR count). The number of rotatable bonds is 6. The van der Waals surface area contributed by atoms with Crippen molar-refractivity contribution in [3.05, 3.63) is 24.2 Å². The Balaban J connectivity index is 1.85. The lowest BCUT2D eigenvalue weighted by Gasteiger charge is -2.55. The van der Waals surface area contributed by atoms with Crippen LogP contribution in [0.5, 0.6) is 0 Å². The summed E-state index contributed by atoms with van der Waals surface area (Å²) in [5.74, 6) is 0.925. The lowest BCUT2D eigenvalue weighted by molar-refractivity contribution is -0.121. The summed E-state index contributed by atoms with van der Waals surface area (Å²) < 4.78 is 7.85. The van der Waals surface area contributed by atoms with Gasteiger partial charge in [0.25, 0.3) is 0 Å². The van der Waals surface area contributed by atoms with Crippen molar-refractivity contribution in [2.24, 2.45) is 5.41 Å². The number of aromatic nitrogens is 3. The van der Waals surface area contributed by atoms with Crippen LogP contribution in [-0.4, -0.2) is 33.4 Å². The molecule has 120 valence electrons. The normalized spacial score (nSPS) is 23.5. The molecule has 5 nitrogen and oxygen atoms in total. The summed E-state index contributed by atoms with van der Waals surface area (Å²) in [5, 5.41) is 8.12. The van der Waals surface area contributed by atoms with Gasteiger partial charge in [-0.1, -0.05) is 13.8 Å². The van der Waals surface area contributed by atoms with Crippen molar-refractivity contribution in [1.29, 1.82) is 0 Å². The molecule has 1 N–H and O–H groups in total. The van der Waals surface area contributed by atoms with Gasteiger partial charge in [0.15, 0.2) is 5.82 Å². The van der Waals surface area contributed by atoms with E-state index in [1.807, 2.05) is 17.6 Å². The van der Waals surface area contributed by atoms with Gasteiger partial charge in [0.05, 0.1) is 11.8 Å². The van der Waals surface area contributed by atoms with Crippen molar-refractivity contribution in [2.45, 2.75) is 59.1 Å². The maximum Gasteiger partial charge on any atom is 0.152 e. The minimum atomic E-state index is 0.208. The van der Waals surface area contributed by atoms with E-state index in [1.54, 1.807) is 6.20 Å². The van der Waals surface area contributed by atoms with E-state index in [-0.39, 0.29) is 5.41 Å². The highest BCUT2D eigenvalue weighted by Crippen LogP contribution is 2.50. The highest BCUT2D eigenvalue weighted by molar-refractivity contribution is 5.68. The second kappa shape index (κ2) is 5.88. The topological polar surface area (TPSA) is 51.5 Å². The van der Waals surface area contributed by atoms with E-state index in [9.17, 15) is 0 Å². The number of hydrogen-bond acceptors (Lipinski definition) is 4. The van der Waals surface area contributed by atoms with Crippen LogP contribution in [0, 0.1) is 12.3 Å². The molecular weight excluding hydrogens is 276 g/mol. The molecule has 0 aliphatic heterocycles. The summed E-state index contributed by atoms with van der Waals surface area (Å²) in [7, 11) is 0. The van der Waals surface area contributed by atoms with Crippen LogP contribution in [0.2, 0.25) is 0 Å². The molecule has 2 heterocycles. The standard InChI is InChI=1S/C17H26N4O/c1-5-17(6-2)14(11-15(17)22-7-3)19-16-13-10-12(4)20-21(13)9-8-18-16/h8-10,14-15H,5-7,11H2,1-4H3,(H,18,19). The highest BCUT2D eigenvalue weighted by atomic mass is 16.5. The first kappa shape index (κ1) is 15.3. The largest absolute Gasteiger partial charge is 0.378 e. The van der Waals surface area contributed by atoms with Gasteiger partial charge in [0, 0.05) is 30.5 Å². The van der Waals surface area contributed by atoms with Crippen LogP contribution in [0.1, 0.15) is 45.7 Å². The monoisotopic (exact) mass is 302 g/mol. The Kier molecular flexibility index (Phi) is 4.08. The minimum absolute atomic E-state index is 0.208. The van der Waals surface area contributed by atoms with Crippen LogP contribution >= 0.6 is 0 Å². The van der Waals surface area contributed by atoms with Crippen molar-refractivity contribution in [3.63, 3.8) is 0 Å². The Hall–Kier alpha value is -1.62. The molecule has 1 saturated carbocycles.